The number of hydrogen-bond donors (Lipinski definition) is 0. The number of ketones is 1. The molecular formula is C23H34O4SSi. The van der Waals surface area contributed by atoms with Gasteiger partial charge in [-0.25, -0.2) is 0 Å². The van der Waals surface area contributed by atoms with Gasteiger partial charge in [0.1, 0.15) is 0 Å². The predicted molar refractivity (Wildman–Crippen MR) is 124 cm³/mol. The zero-order valence-electron chi connectivity index (χ0n) is 18.8. The molecule has 29 heavy (non-hydrogen) atoms. The highest BCUT2D eigenvalue weighted by molar-refractivity contribution is 7.20. The van der Waals surface area contributed by atoms with E-state index in [1.54, 1.807) is 0 Å². The van der Waals surface area contributed by atoms with Gasteiger partial charge in [0.05, 0.1) is 18.4 Å². The van der Waals surface area contributed by atoms with Gasteiger partial charge in [0.15, 0.2) is 14.1 Å². The summed E-state index contributed by atoms with van der Waals surface area (Å²) in [5.41, 5.74) is 2.56. The lowest BCUT2D eigenvalue weighted by Gasteiger charge is -2.36. The Morgan fingerprint density at radius 3 is 2.41 bits per heavy atom. The van der Waals surface area contributed by atoms with E-state index in [1.165, 1.54) is 29.6 Å². The first-order valence-corrected chi connectivity index (χ1v) is 13.9. The van der Waals surface area contributed by atoms with Crippen molar-refractivity contribution in [2.24, 2.45) is 0 Å². The molecule has 1 aromatic heterocycles. The predicted octanol–water partition coefficient (Wildman–Crippen LogP) is 6.30. The van der Waals surface area contributed by atoms with Crippen LogP contribution in [0, 0.1) is 6.92 Å². The van der Waals surface area contributed by atoms with Crippen molar-refractivity contribution < 1.29 is 18.8 Å². The number of thiophene rings is 1. The molecule has 0 fully saturated rings. The average Bonchev–Trinajstić information content (AvgIpc) is 3.04. The van der Waals surface area contributed by atoms with Gasteiger partial charge < -0.3 is 9.16 Å². The quantitative estimate of drug-likeness (QED) is 0.201. The van der Waals surface area contributed by atoms with Gasteiger partial charge in [-0.1, -0.05) is 26.8 Å². The summed E-state index contributed by atoms with van der Waals surface area (Å²) in [7, 11) is -0.356. The van der Waals surface area contributed by atoms with Gasteiger partial charge in [-0.3, -0.25) is 9.59 Å². The molecule has 0 spiro atoms. The fourth-order valence-electron chi connectivity index (χ4n) is 2.89. The van der Waals surface area contributed by atoms with Crippen molar-refractivity contribution in [2.45, 2.75) is 71.5 Å². The summed E-state index contributed by atoms with van der Waals surface area (Å²) in [4.78, 5) is 24.4. The average molecular weight is 435 g/mol. The van der Waals surface area contributed by atoms with Crippen molar-refractivity contribution in [1.82, 2.24) is 0 Å². The van der Waals surface area contributed by atoms with E-state index in [4.69, 9.17) is 4.43 Å². The number of Topliss-reactive ketones (excluding diaryl/α,β-unsaturated/α-hetero) is 1. The number of carbonyl (C=O) groups excluding carboxylic acids is 2. The second-order valence-electron chi connectivity index (χ2n) is 9.14. The molecule has 1 aromatic carbocycles. The van der Waals surface area contributed by atoms with E-state index in [0.29, 0.717) is 4.88 Å². The van der Waals surface area contributed by atoms with Gasteiger partial charge >= 0.3 is 5.97 Å². The minimum Gasteiger partial charge on any atom is -0.469 e. The number of benzene rings is 1. The number of ether oxygens (including phenoxy) is 1. The van der Waals surface area contributed by atoms with Crippen LogP contribution in [0.3, 0.4) is 0 Å². The van der Waals surface area contributed by atoms with E-state index < -0.39 is 8.32 Å². The van der Waals surface area contributed by atoms with Crippen LogP contribution in [0.15, 0.2) is 18.2 Å². The number of aryl methyl sites for hydroxylation is 2. The molecule has 0 aliphatic carbocycles. The van der Waals surface area contributed by atoms with Gasteiger partial charge in [0.2, 0.25) is 0 Å². The third-order valence-corrected chi connectivity index (χ3v) is 11.6. The maximum Gasteiger partial charge on any atom is 0.305 e. The zero-order valence-corrected chi connectivity index (χ0v) is 20.6. The topological polar surface area (TPSA) is 52.6 Å². The summed E-state index contributed by atoms with van der Waals surface area (Å²) in [6, 6.07) is 6.32. The molecule has 0 aliphatic rings. The van der Waals surface area contributed by atoms with Crippen LogP contribution in [0.4, 0.5) is 0 Å². The SMILES string of the molecule is COC(=O)CCC(=O)c1cc2cc(CCCO[Si](C)(C)C(C)(C)C)c(C)cc2s1. The summed E-state index contributed by atoms with van der Waals surface area (Å²) >= 11 is 1.50. The highest BCUT2D eigenvalue weighted by atomic mass is 32.1. The Hall–Kier alpha value is -1.50. The molecule has 0 N–H and O–H groups in total. The fourth-order valence-corrected chi connectivity index (χ4v) is 5.09. The van der Waals surface area contributed by atoms with Crippen LogP contribution in [-0.4, -0.2) is 33.8 Å². The van der Waals surface area contributed by atoms with E-state index in [9.17, 15) is 9.59 Å². The minimum atomic E-state index is -1.70. The molecule has 0 amide bonds. The van der Waals surface area contributed by atoms with Gasteiger partial charge in [-0.05, 0) is 66.5 Å². The van der Waals surface area contributed by atoms with E-state index in [0.717, 1.165) is 29.5 Å². The molecule has 0 radical (unpaired) electrons. The van der Waals surface area contributed by atoms with Crippen LogP contribution in [-0.2, 0) is 20.4 Å². The number of methoxy groups -OCH3 is 1. The van der Waals surface area contributed by atoms with Crippen LogP contribution in [0.2, 0.25) is 18.1 Å². The Labute approximate surface area is 179 Å². The van der Waals surface area contributed by atoms with Gasteiger partial charge in [0.25, 0.3) is 0 Å². The Morgan fingerprint density at radius 1 is 1.10 bits per heavy atom. The van der Waals surface area contributed by atoms with Crippen LogP contribution >= 0.6 is 11.3 Å². The first-order valence-electron chi connectivity index (χ1n) is 10.2. The molecule has 0 aliphatic heterocycles. The number of rotatable bonds is 9. The molecule has 0 saturated heterocycles. The minimum absolute atomic E-state index is 0.00132. The number of carbonyl (C=O) groups is 2. The largest absolute Gasteiger partial charge is 0.469 e. The van der Waals surface area contributed by atoms with Gasteiger partial charge in [-0.15, -0.1) is 11.3 Å². The standard InChI is InChI=1S/C23H34O4SSi/c1-16-13-20-18(15-21(28-20)19(24)10-11-22(25)26-5)14-17(16)9-8-12-27-29(6,7)23(2,3)4/h13-15H,8-12H2,1-7H3. The fraction of sp³-hybridized carbons (Fsp3) is 0.565. The summed E-state index contributed by atoms with van der Waals surface area (Å²) in [5.74, 6) is -0.351. The Balaban J connectivity index is 2.02. The van der Waals surface area contributed by atoms with Crippen LogP contribution in [0.25, 0.3) is 10.1 Å². The molecule has 0 saturated carbocycles. The molecular weight excluding hydrogens is 400 g/mol. The van der Waals surface area contributed by atoms with Crippen molar-refractivity contribution in [3.63, 3.8) is 0 Å². The van der Waals surface area contributed by atoms with E-state index in [2.05, 4.69) is 57.7 Å². The Morgan fingerprint density at radius 2 is 1.79 bits per heavy atom. The third-order valence-electron chi connectivity index (χ3n) is 5.89. The van der Waals surface area contributed by atoms with E-state index in [-0.39, 0.29) is 29.6 Å². The molecule has 160 valence electrons. The highest BCUT2D eigenvalue weighted by Gasteiger charge is 2.36. The third kappa shape index (κ3) is 6.24. The lowest BCUT2D eigenvalue weighted by atomic mass is 10.0. The Bertz CT molecular complexity index is 877. The molecule has 4 nitrogen and oxygen atoms in total. The van der Waals surface area contributed by atoms with E-state index >= 15 is 0 Å². The normalized spacial score (nSPS) is 12.4. The van der Waals surface area contributed by atoms with Gasteiger partial charge in [-0.2, -0.15) is 0 Å². The lowest BCUT2D eigenvalue weighted by molar-refractivity contribution is -0.140. The maximum absolute atomic E-state index is 12.4. The van der Waals surface area contributed by atoms with Crippen molar-refractivity contribution in [1.29, 1.82) is 0 Å². The van der Waals surface area contributed by atoms with Crippen molar-refractivity contribution in [3.8, 4) is 0 Å². The zero-order chi connectivity index (χ0) is 21.8. The smallest absolute Gasteiger partial charge is 0.305 e. The second kappa shape index (κ2) is 9.54. The maximum atomic E-state index is 12.4. The molecule has 0 atom stereocenters. The van der Waals surface area contributed by atoms with Crippen LogP contribution in [0.1, 0.15) is 60.8 Å². The second-order valence-corrected chi connectivity index (χ2v) is 15.0. The van der Waals surface area contributed by atoms with Gasteiger partial charge in [0, 0.05) is 17.7 Å². The number of hydrogen-bond acceptors (Lipinski definition) is 5. The summed E-state index contributed by atoms with van der Waals surface area (Å²) in [5, 5.41) is 1.33. The van der Waals surface area contributed by atoms with Crippen molar-refractivity contribution >= 4 is 41.5 Å². The summed E-state index contributed by atoms with van der Waals surface area (Å²) in [6.07, 6.45) is 2.28. The number of esters is 1. The number of fused-ring (bicyclic) bond motifs is 1. The molecule has 2 aromatic rings. The Kier molecular flexibility index (Phi) is 7.82. The highest BCUT2D eigenvalue weighted by Crippen LogP contribution is 2.36. The first kappa shape index (κ1) is 23.8. The van der Waals surface area contributed by atoms with Crippen LogP contribution in [0.5, 0.6) is 0 Å². The molecule has 0 bridgehead atoms. The van der Waals surface area contributed by atoms with E-state index in [1.807, 2.05) is 6.07 Å². The lowest BCUT2D eigenvalue weighted by Crippen LogP contribution is -2.41. The van der Waals surface area contributed by atoms with Crippen LogP contribution < -0.4 is 0 Å². The first-order chi connectivity index (χ1) is 13.4. The molecule has 6 heteroatoms. The summed E-state index contributed by atoms with van der Waals surface area (Å²) < 4.78 is 12.0. The van der Waals surface area contributed by atoms with Crippen molar-refractivity contribution in [3.05, 3.63) is 34.2 Å². The molecule has 1 heterocycles. The molecule has 0 unspecified atom stereocenters. The summed E-state index contributed by atoms with van der Waals surface area (Å²) in [6.45, 7) is 14.3. The molecule has 2 rings (SSSR count). The monoisotopic (exact) mass is 434 g/mol. The van der Waals surface area contributed by atoms with Crippen molar-refractivity contribution in [2.75, 3.05) is 13.7 Å².